The molecule has 1 aromatic carbocycles. The summed E-state index contributed by atoms with van der Waals surface area (Å²) in [4.78, 5) is 11.7. The van der Waals surface area contributed by atoms with E-state index in [4.69, 9.17) is 0 Å². The number of aryl methyl sites for hydroxylation is 1. The van der Waals surface area contributed by atoms with E-state index in [-0.39, 0.29) is 10.5 Å². The SMILES string of the molecule is C=C(C)c1cc(C)c(C(=O)OC)cc1S(C)(=O)=O. The second kappa shape index (κ2) is 4.94. The van der Waals surface area contributed by atoms with Crippen molar-refractivity contribution in [3.63, 3.8) is 0 Å². The Labute approximate surface area is 107 Å². The summed E-state index contributed by atoms with van der Waals surface area (Å²) in [5.41, 5.74) is 2.08. The van der Waals surface area contributed by atoms with E-state index in [9.17, 15) is 13.2 Å². The second-order valence-electron chi connectivity index (χ2n) is 4.21. The minimum Gasteiger partial charge on any atom is -0.465 e. The maximum Gasteiger partial charge on any atom is 0.338 e. The van der Waals surface area contributed by atoms with Crippen LogP contribution in [0.2, 0.25) is 0 Å². The number of sulfone groups is 1. The van der Waals surface area contributed by atoms with Gasteiger partial charge < -0.3 is 4.74 Å². The Bertz CT molecular complexity index is 612. The fraction of sp³-hybridized carbons (Fsp3) is 0.308. The topological polar surface area (TPSA) is 60.4 Å². The Balaban J connectivity index is 3.67. The molecule has 98 valence electrons. The first-order chi connectivity index (χ1) is 8.18. The van der Waals surface area contributed by atoms with Crippen molar-refractivity contribution >= 4 is 21.4 Å². The van der Waals surface area contributed by atoms with Crippen molar-refractivity contribution in [1.29, 1.82) is 0 Å². The van der Waals surface area contributed by atoms with Gasteiger partial charge in [-0.15, -0.1) is 0 Å². The molecule has 0 aliphatic heterocycles. The Morgan fingerprint density at radius 1 is 1.28 bits per heavy atom. The van der Waals surface area contributed by atoms with Crippen LogP contribution in [-0.4, -0.2) is 27.8 Å². The van der Waals surface area contributed by atoms with Gasteiger partial charge in [0.05, 0.1) is 17.6 Å². The Hall–Kier alpha value is -1.62. The molecule has 0 spiro atoms. The molecule has 1 rings (SSSR count). The maximum absolute atomic E-state index is 11.7. The molecule has 0 N–H and O–H groups in total. The fourth-order valence-electron chi connectivity index (χ4n) is 1.66. The number of allylic oxidation sites excluding steroid dienone is 1. The van der Waals surface area contributed by atoms with E-state index in [0.717, 1.165) is 6.26 Å². The van der Waals surface area contributed by atoms with Crippen LogP contribution in [0.5, 0.6) is 0 Å². The average Bonchev–Trinajstić information content (AvgIpc) is 2.25. The van der Waals surface area contributed by atoms with Gasteiger partial charge >= 0.3 is 5.97 Å². The summed E-state index contributed by atoms with van der Waals surface area (Å²) in [7, 11) is -2.17. The lowest BCUT2D eigenvalue weighted by Crippen LogP contribution is -2.09. The van der Waals surface area contributed by atoms with Gasteiger partial charge in [0.15, 0.2) is 9.84 Å². The Morgan fingerprint density at radius 3 is 2.22 bits per heavy atom. The van der Waals surface area contributed by atoms with Gasteiger partial charge in [0.25, 0.3) is 0 Å². The van der Waals surface area contributed by atoms with Gasteiger partial charge in [-0.3, -0.25) is 0 Å². The highest BCUT2D eigenvalue weighted by atomic mass is 32.2. The fourth-order valence-corrected chi connectivity index (χ4v) is 2.62. The number of esters is 1. The smallest absolute Gasteiger partial charge is 0.338 e. The van der Waals surface area contributed by atoms with E-state index >= 15 is 0 Å². The highest BCUT2D eigenvalue weighted by Crippen LogP contribution is 2.26. The predicted octanol–water partition coefficient (Wildman–Crippen LogP) is 2.22. The van der Waals surface area contributed by atoms with Crippen molar-refractivity contribution in [2.45, 2.75) is 18.7 Å². The minimum atomic E-state index is -3.43. The number of rotatable bonds is 3. The molecule has 0 radical (unpaired) electrons. The van der Waals surface area contributed by atoms with E-state index in [1.54, 1.807) is 19.9 Å². The Morgan fingerprint density at radius 2 is 1.83 bits per heavy atom. The highest BCUT2D eigenvalue weighted by molar-refractivity contribution is 7.90. The third kappa shape index (κ3) is 2.79. The predicted molar refractivity (Wildman–Crippen MR) is 70.3 cm³/mol. The van der Waals surface area contributed by atoms with Crippen LogP contribution in [0.1, 0.15) is 28.4 Å². The molecule has 0 fully saturated rings. The van der Waals surface area contributed by atoms with Crippen LogP contribution in [0.3, 0.4) is 0 Å². The molecule has 0 saturated carbocycles. The first-order valence-corrected chi connectivity index (χ1v) is 7.16. The molecule has 1 aromatic rings. The lowest BCUT2D eigenvalue weighted by atomic mass is 10.0. The zero-order valence-electron chi connectivity index (χ0n) is 10.9. The number of methoxy groups -OCH3 is 1. The van der Waals surface area contributed by atoms with Crippen LogP contribution >= 0.6 is 0 Å². The largest absolute Gasteiger partial charge is 0.465 e. The van der Waals surface area contributed by atoms with Crippen LogP contribution in [0.25, 0.3) is 5.57 Å². The summed E-state index contributed by atoms with van der Waals surface area (Å²) in [6.45, 7) is 7.21. The molecular formula is C13H16O4S. The van der Waals surface area contributed by atoms with Gasteiger partial charge in [-0.25, -0.2) is 13.2 Å². The third-order valence-corrected chi connectivity index (χ3v) is 3.73. The number of benzene rings is 1. The van der Waals surface area contributed by atoms with Crippen LogP contribution in [0.4, 0.5) is 0 Å². The summed E-state index contributed by atoms with van der Waals surface area (Å²) in [5, 5.41) is 0. The molecule has 0 aliphatic carbocycles. The van der Waals surface area contributed by atoms with Gasteiger partial charge in [0, 0.05) is 6.26 Å². The summed E-state index contributed by atoms with van der Waals surface area (Å²) in [6, 6.07) is 2.99. The van der Waals surface area contributed by atoms with Gasteiger partial charge in [-0.2, -0.15) is 0 Å². The van der Waals surface area contributed by atoms with Crippen molar-refractivity contribution in [3.8, 4) is 0 Å². The van der Waals surface area contributed by atoms with E-state index in [2.05, 4.69) is 11.3 Å². The van der Waals surface area contributed by atoms with Gasteiger partial charge in [-0.05, 0) is 42.7 Å². The van der Waals surface area contributed by atoms with E-state index in [1.165, 1.54) is 13.2 Å². The summed E-state index contributed by atoms with van der Waals surface area (Å²) in [5.74, 6) is -0.550. The number of carbonyl (C=O) groups excluding carboxylic acids is 1. The van der Waals surface area contributed by atoms with Crippen molar-refractivity contribution in [2.75, 3.05) is 13.4 Å². The van der Waals surface area contributed by atoms with Crippen molar-refractivity contribution in [1.82, 2.24) is 0 Å². The second-order valence-corrected chi connectivity index (χ2v) is 6.19. The summed E-state index contributed by atoms with van der Waals surface area (Å²) < 4.78 is 28.1. The number of hydrogen-bond donors (Lipinski definition) is 0. The quantitative estimate of drug-likeness (QED) is 0.789. The molecule has 0 unspecified atom stereocenters. The lowest BCUT2D eigenvalue weighted by Gasteiger charge is -2.12. The minimum absolute atomic E-state index is 0.0981. The van der Waals surface area contributed by atoms with Crippen molar-refractivity contribution < 1.29 is 17.9 Å². The molecule has 18 heavy (non-hydrogen) atoms. The Kier molecular flexibility index (Phi) is 3.96. The number of carbonyl (C=O) groups is 1. The molecule has 0 heterocycles. The van der Waals surface area contributed by atoms with E-state index in [0.29, 0.717) is 16.7 Å². The molecule has 5 heteroatoms. The van der Waals surface area contributed by atoms with Crippen LogP contribution < -0.4 is 0 Å². The first-order valence-electron chi connectivity index (χ1n) is 5.27. The zero-order chi connectivity index (χ0) is 14.1. The maximum atomic E-state index is 11.7. The first kappa shape index (κ1) is 14.4. The molecule has 0 bridgehead atoms. The molecule has 0 saturated heterocycles. The van der Waals surface area contributed by atoms with Gasteiger partial charge in [-0.1, -0.05) is 6.58 Å². The monoisotopic (exact) mass is 268 g/mol. The van der Waals surface area contributed by atoms with Crippen molar-refractivity contribution in [2.24, 2.45) is 0 Å². The van der Waals surface area contributed by atoms with Crippen molar-refractivity contribution in [3.05, 3.63) is 35.4 Å². The molecule has 0 aromatic heterocycles. The molecular weight excluding hydrogens is 252 g/mol. The lowest BCUT2D eigenvalue weighted by molar-refractivity contribution is 0.0599. The summed E-state index contributed by atoms with van der Waals surface area (Å²) >= 11 is 0. The average molecular weight is 268 g/mol. The molecule has 0 amide bonds. The standard InChI is InChI=1S/C13H16O4S/c1-8(2)10-6-9(3)11(13(14)17-4)7-12(10)18(5,15)16/h6-7H,1H2,2-5H3. The van der Waals surface area contributed by atoms with Gasteiger partial charge in [0.2, 0.25) is 0 Å². The van der Waals surface area contributed by atoms with Crippen LogP contribution in [0, 0.1) is 6.92 Å². The third-order valence-electron chi connectivity index (χ3n) is 2.59. The normalized spacial score (nSPS) is 11.1. The van der Waals surface area contributed by atoms with Crippen LogP contribution in [-0.2, 0) is 14.6 Å². The number of hydrogen-bond acceptors (Lipinski definition) is 4. The van der Waals surface area contributed by atoms with Gasteiger partial charge in [0.1, 0.15) is 0 Å². The molecule has 0 atom stereocenters. The van der Waals surface area contributed by atoms with E-state index < -0.39 is 15.8 Å². The molecule has 4 nitrogen and oxygen atoms in total. The zero-order valence-corrected chi connectivity index (χ0v) is 11.7. The summed E-state index contributed by atoms with van der Waals surface area (Å²) in [6.07, 6.45) is 1.10. The molecule has 0 aliphatic rings. The van der Waals surface area contributed by atoms with Crippen LogP contribution in [0.15, 0.2) is 23.6 Å². The highest BCUT2D eigenvalue weighted by Gasteiger charge is 2.19. The van der Waals surface area contributed by atoms with E-state index in [1.807, 2.05) is 0 Å². The number of ether oxygens (including phenoxy) is 1.